The van der Waals surface area contributed by atoms with Crippen molar-refractivity contribution in [1.29, 1.82) is 0 Å². The molecule has 5 heteroatoms. The third kappa shape index (κ3) is 1.11. The summed E-state index contributed by atoms with van der Waals surface area (Å²) in [5, 5.41) is 8.25. The molecule has 2 aromatic heterocycles. The van der Waals surface area contributed by atoms with Crippen LogP contribution in [0.2, 0.25) is 5.15 Å². The van der Waals surface area contributed by atoms with Gasteiger partial charge in [0, 0.05) is 11.1 Å². The minimum atomic E-state index is 0.439. The number of nitrogens with one attached hydrogen (secondary N) is 1. The van der Waals surface area contributed by atoms with E-state index in [1.807, 2.05) is 13.0 Å². The van der Waals surface area contributed by atoms with E-state index in [0.717, 1.165) is 15.6 Å². The maximum absolute atomic E-state index is 5.79. The molecule has 2 rings (SSSR count). The van der Waals surface area contributed by atoms with Crippen molar-refractivity contribution in [2.24, 2.45) is 0 Å². The molecule has 0 unspecified atom stereocenters. The number of aromatic nitrogens is 3. The minimum Gasteiger partial charge on any atom is -0.280 e. The summed E-state index contributed by atoms with van der Waals surface area (Å²) in [7, 11) is 0. The van der Waals surface area contributed by atoms with Crippen LogP contribution < -0.4 is 0 Å². The Balaban J connectivity index is 2.87. The first-order valence-corrected chi connectivity index (χ1v) is 4.52. The summed E-state index contributed by atoms with van der Waals surface area (Å²) in [5.74, 6) is 0. The van der Waals surface area contributed by atoms with Crippen LogP contribution >= 0.6 is 27.5 Å². The van der Waals surface area contributed by atoms with Gasteiger partial charge < -0.3 is 0 Å². The second-order valence-corrected chi connectivity index (χ2v) is 3.69. The Morgan fingerprint density at radius 1 is 1.58 bits per heavy atom. The van der Waals surface area contributed by atoms with Gasteiger partial charge in [-0.3, -0.25) is 5.10 Å². The van der Waals surface area contributed by atoms with Gasteiger partial charge in [-0.1, -0.05) is 11.6 Å². The van der Waals surface area contributed by atoms with E-state index in [2.05, 4.69) is 31.1 Å². The van der Waals surface area contributed by atoms with Crippen molar-refractivity contribution in [3.63, 3.8) is 0 Å². The van der Waals surface area contributed by atoms with Gasteiger partial charge in [-0.15, -0.1) is 0 Å². The van der Waals surface area contributed by atoms with Crippen LogP contribution in [0.5, 0.6) is 0 Å². The molecule has 0 aliphatic rings. The van der Waals surface area contributed by atoms with E-state index >= 15 is 0 Å². The molecule has 0 aromatic carbocycles. The largest absolute Gasteiger partial charge is 0.280 e. The third-order valence-corrected chi connectivity index (χ3v) is 2.77. The second-order valence-electron chi connectivity index (χ2n) is 2.48. The molecule has 12 heavy (non-hydrogen) atoms. The number of halogens is 2. The molecule has 0 fully saturated rings. The van der Waals surface area contributed by atoms with E-state index in [1.165, 1.54) is 0 Å². The Labute approximate surface area is 82.3 Å². The average Bonchev–Trinajstić information content (AvgIpc) is 2.35. The van der Waals surface area contributed by atoms with Gasteiger partial charge in [-0.25, -0.2) is 4.98 Å². The zero-order chi connectivity index (χ0) is 8.72. The highest BCUT2D eigenvalue weighted by atomic mass is 79.9. The first kappa shape index (κ1) is 8.01. The fraction of sp³-hybridized carbons (Fsp3) is 0.143. The molecule has 0 atom stereocenters. The SMILES string of the molecule is Cc1[nH]nc2nc(Cl)c(Br)cc12. The van der Waals surface area contributed by atoms with E-state index in [0.29, 0.717) is 10.8 Å². The van der Waals surface area contributed by atoms with Gasteiger partial charge in [0.05, 0.1) is 4.47 Å². The monoisotopic (exact) mass is 245 g/mol. The highest BCUT2D eigenvalue weighted by Gasteiger charge is 2.06. The fourth-order valence-electron chi connectivity index (χ4n) is 1.02. The van der Waals surface area contributed by atoms with Crippen molar-refractivity contribution >= 4 is 38.6 Å². The Bertz CT molecular complexity index is 437. The van der Waals surface area contributed by atoms with E-state index in [4.69, 9.17) is 11.6 Å². The standard InChI is InChI=1S/C7H5BrClN3/c1-3-4-2-5(8)6(9)10-7(4)12-11-3/h2H,1H3,(H,10,11,12). The number of hydrogen-bond donors (Lipinski definition) is 1. The van der Waals surface area contributed by atoms with Crippen LogP contribution in [0.1, 0.15) is 5.69 Å². The number of nitrogens with zero attached hydrogens (tertiary/aromatic N) is 2. The quantitative estimate of drug-likeness (QED) is 0.726. The van der Waals surface area contributed by atoms with E-state index in [-0.39, 0.29) is 0 Å². The van der Waals surface area contributed by atoms with E-state index in [1.54, 1.807) is 0 Å². The van der Waals surface area contributed by atoms with Crippen LogP contribution in [-0.2, 0) is 0 Å². The average molecular weight is 246 g/mol. The maximum atomic E-state index is 5.79. The highest BCUT2D eigenvalue weighted by Crippen LogP contribution is 2.25. The number of aryl methyl sites for hydroxylation is 1. The number of hydrogen-bond acceptors (Lipinski definition) is 2. The fourth-order valence-corrected chi connectivity index (χ4v) is 1.47. The zero-order valence-electron chi connectivity index (χ0n) is 6.23. The van der Waals surface area contributed by atoms with Gasteiger partial charge in [0.1, 0.15) is 5.15 Å². The lowest BCUT2D eigenvalue weighted by molar-refractivity contribution is 1.05. The highest BCUT2D eigenvalue weighted by molar-refractivity contribution is 9.10. The molecule has 62 valence electrons. The zero-order valence-corrected chi connectivity index (χ0v) is 8.57. The summed E-state index contributed by atoms with van der Waals surface area (Å²) < 4.78 is 0.793. The second kappa shape index (κ2) is 2.71. The minimum absolute atomic E-state index is 0.439. The Hall–Kier alpha value is -0.610. The Morgan fingerprint density at radius 3 is 3.08 bits per heavy atom. The topological polar surface area (TPSA) is 41.6 Å². The lowest BCUT2D eigenvalue weighted by Crippen LogP contribution is -1.79. The van der Waals surface area contributed by atoms with Crippen LogP contribution in [-0.4, -0.2) is 15.2 Å². The number of aromatic amines is 1. The lowest BCUT2D eigenvalue weighted by Gasteiger charge is -1.93. The van der Waals surface area contributed by atoms with Gasteiger partial charge >= 0.3 is 0 Å². The number of H-pyrrole nitrogens is 1. The van der Waals surface area contributed by atoms with Crippen LogP contribution in [0.3, 0.4) is 0 Å². The molecule has 0 amide bonds. The van der Waals surface area contributed by atoms with Gasteiger partial charge in [0.15, 0.2) is 5.65 Å². The molecule has 1 N–H and O–H groups in total. The predicted molar refractivity (Wildman–Crippen MR) is 51.3 cm³/mol. The van der Waals surface area contributed by atoms with Gasteiger partial charge in [-0.2, -0.15) is 5.10 Å². The van der Waals surface area contributed by atoms with Crippen LogP contribution in [0.15, 0.2) is 10.5 Å². The molecule has 0 bridgehead atoms. The van der Waals surface area contributed by atoms with Crippen molar-refractivity contribution in [2.45, 2.75) is 6.92 Å². The van der Waals surface area contributed by atoms with Crippen molar-refractivity contribution in [3.05, 3.63) is 21.4 Å². The summed E-state index contributed by atoms with van der Waals surface area (Å²) in [5.41, 5.74) is 1.65. The number of rotatable bonds is 0. The van der Waals surface area contributed by atoms with Crippen LogP contribution in [0, 0.1) is 6.92 Å². The molecule has 2 heterocycles. The smallest absolute Gasteiger partial charge is 0.182 e. The summed E-state index contributed by atoms with van der Waals surface area (Å²) >= 11 is 9.08. The van der Waals surface area contributed by atoms with E-state index < -0.39 is 0 Å². The van der Waals surface area contributed by atoms with Crippen molar-refractivity contribution < 1.29 is 0 Å². The predicted octanol–water partition coefficient (Wildman–Crippen LogP) is 2.68. The summed E-state index contributed by atoms with van der Waals surface area (Å²) in [6.45, 7) is 1.94. The molecule has 0 spiro atoms. The van der Waals surface area contributed by atoms with Crippen molar-refractivity contribution in [3.8, 4) is 0 Å². The van der Waals surface area contributed by atoms with Gasteiger partial charge in [-0.05, 0) is 28.9 Å². The Morgan fingerprint density at radius 2 is 2.33 bits per heavy atom. The molecule has 0 radical (unpaired) electrons. The number of fused-ring (bicyclic) bond motifs is 1. The van der Waals surface area contributed by atoms with Gasteiger partial charge in [0.2, 0.25) is 0 Å². The van der Waals surface area contributed by atoms with Crippen molar-refractivity contribution in [2.75, 3.05) is 0 Å². The molecular formula is C7H5BrClN3. The normalized spacial score (nSPS) is 10.9. The summed E-state index contributed by atoms with van der Waals surface area (Å²) in [4.78, 5) is 4.07. The Kier molecular flexibility index (Phi) is 1.81. The van der Waals surface area contributed by atoms with Crippen LogP contribution in [0.4, 0.5) is 0 Å². The number of pyridine rings is 1. The van der Waals surface area contributed by atoms with E-state index in [9.17, 15) is 0 Å². The molecular weight excluding hydrogens is 241 g/mol. The lowest BCUT2D eigenvalue weighted by atomic mass is 10.3. The van der Waals surface area contributed by atoms with Gasteiger partial charge in [0.25, 0.3) is 0 Å². The first-order valence-electron chi connectivity index (χ1n) is 3.35. The van der Waals surface area contributed by atoms with Crippen molar-refractivity contribution in [1.82, 2.24) is 15.2 Å². The summed E-state index contributed by atoms with van der Waals surface area (Å²) in [6.07, 6.45) is 0. The molecule has 2 aromatic rings. The molecule has 0 saturated carbocycles. The molecule has 0 aliphatic carbocycles. The first-order chi connectivity index (χ1) is 5.68. The molecule has 3 nitrogen and oxygen atoms in total. The third-order valence-electron chi connectivity index (χ3n) is 1.65. The molecule has 0 saturated heterocycles. The summed E-state index contributed by atoms with van der Waals surface area (Å²) in [6, 6.07) is 1.91. The van der Waals surface area contributed by atoms with Crippen LogP contribution in [0.25, 0.3) is 11.0 Å². The molecule has 0 aliphatic heterocycles. The maximum Gasteiger partial charge on any atom is 0.182 e.